The largest absolute Gasteiger partial charge is 0.454 e. The van der Waals surface area contributed by atoms with E-state index in [1.165, 1.54) is 0 Å². The first-order chi connectivity index (χ1) is 15.4. The Hall–Kier alpha value is -4.34. The molecule has 0 unspecified atom stereocenters. The van der Waals surface area contributed by atoms with Crippen LogP contribution in [0.2, 0.25) is 0 Å². The van der Waals surface area contributed by atoms with Crippen LogP contribution in [0.25, 0.3) is 10.9 Å². The normalized spacial score (nSPS) is 10.8. The van der Waals surface area contributed by atoms with Gasteiger partial charge in [0.05, 0.1) is 16.5 Å². The minimum Gasteiger partial charge on any atom is -0.454 e. The van der Waals surface area contributed by atoms with Gasteiger partial charge in [-0.15, -0.1) is 0 Å². The molecular formula is C22H21N7O3. The molecule has 0 fully saturated rings. The molecule has 2 heterocycles. The molecule has 10 heteroatoms. The number of nitrogens with one attached hydrogen (secondary N) is 1. The summed E-state index contributed by atoms with van der Waals surface area (Å²) in [7, 11) is 3.54. The van der Waals surface area contributed by atoms with Crippen LogP contribution in [-0.4, -0.2) is 45.0 Å². The van der Waals surface area contributed by atoms with Gasteiger partial charge in [-0.05, 0) is 23.8 Å². The topological polar surface area (TPSA) is 140 Å². The molecule has 32 heavy (non-hydrogen) atoms. The van der Waals surface area contributed by atoms with Gasteiger partial charge in [0.2, 0.25) is 11.9 Å². The highest BCUT2D eigenvalue weighted by molar-refractivity contribution is 5.91. The number of nitrogen functional groups attached to an aromatic ring is 1. The van der Waals surface area contributed by atoms with Crippen molar-refractivity contribution in [1.82, 2.24) is 24.9 Å². The van der Waals surface area contributed by atoms with Crippen molar-refractivity contribution in [3.63, 3.8) is 0 Å². The van der Waals surface area contributed by atoms with E-state index < -0.39 is 5.97 Å². The van der Waals surface area contributed by atoms with Crippen LogP contribution in [0.4, 0.5) is 11.9 Å². The van der Waals surface area contributed by atoms with Crippen molar-refractivity contribution in [2.75, 3.05) is 24.7 Å². The first-order valence-electron chi connectivity index (χ1n) is 9.81. The molecule has 4 aromatic rings. The molecule has 0 saturated heterocycles. The second-order valence-corrected chi connectivity index (χ2v) is 7.24. The number of benzene rings is 2. The molecule has 0 aliphatic heterocycles. The van der Waals surface area contributed by atoms with Gasteiger partial charge in [-0.3, -0.25) is 4.79 Å². The number of aromatic nitrogens is 5. The summed E-state index contributed by atoms with van der Waals surface area (Å²) in [6.45, 7) is -0.161. The van der Waals surface area contributed by atoms with E-state index in [1.54, 1.807) is 61.5 Å². The Morgan fingerprint density at radius 2 is 1.78 bits per heavy atom. The Balaban J connectivity index is 1.55. The van der Waals surface area contributed by atoms with E-state index in [0.29, 0.717) is 33.8 Å². The number of nitrogens with two attached hydrogens (primary N) is 1. The zero-order valence-electron chi connectivity index (χ0n) is 17.6. The summed E-state index contributed by atoms with van der Waals surface area (Å²) in [5.74, 6) is 0.563. The van der Waals surface area contributed by atoms with Gasteiger partial charge in [-0.1, -0.05) is 30.3 Å². The van der Waals surface area contributed by atoms with Crippen molar-refractivity contribution in [2.45, 2.75) is 13.0 Å². The van der Waals surface area contributed by atoms with Crippen LogP contribution in [0, 0.1) is 0 Å². The highest BCUT2D eigenvalue weighted by Gasteiger charge is 2.16. The van der Waals surface area contributed by atoms with Gasteiger partial charge in [0.1, 0.15) is 5.82 Å². The van der Waals surface area contributed by atoms with Gasteiger partial charge in [0, 0.05) is 20.5 Å². The maximum atomic E-state index is 12.8. The summed E-state index contributed by atoms with van der Waals surface area (Å²) in [5, 5.41) is 0.512. The number of esters is 1. The van der Waals surface area contributed by atoms with Crippen LogP contribution in [0.1, 0.15) is 27.6 Å². The number of carbonyl (C=O) groups is 1. The Kier molecular flexibility index (Phi) is 5.75. The molecule has 2 aromatic carbocycles. The fraction of sp³-hybridized carbons (Fsp3) is 0.182. The smallest absolute Gasteiger partial charge is 0.338 e. The van der Waals surface area contributed by atoms with Crippen LogP contribution in [0.15, 0.2) is 53.3 Å². The third-order valence-electron chi connectivity index (χ3n) is 4.68. The molecular weight excluding hydrogens is 410 g/mol. The van der Waals surface area contributed by atoms with Crippen molar-refractivity contribution in [2.24, 2.45) is 0 Å². The van der Waals surface area contributed by atoms with Gasteiger partial charge in [-0.2, -0.15) is 15.0 Å². The molecule has 0 saturated carbocycles. The number of para-hydroxylation sites is 1. The zero-order valence-corrected chi connectivity index (χ0v) is 17.6. The number of H-pyrrole nitrogens is 1. The van der Waals surface area contributed by atoms with E-state index >= 15 is 0 Å². The van der Waals surface area contributed by atoms with E-state index in [2.05, 4.69) is 24.9 Å². The Labute approximate surface area is 183 Å². The van der Waals surface area contributed by atoms with Gasteiger partial charge in [0.25, 0.3) is 5.56 Å². The van der Waals surface area contributed by atoms with E-state index in [4.69, 9.17) is 10.5 Å². The molecule has 2 aromatic heterocycles. The lowest BCUT2D eigenvalue weighted by molar-refractivity contribution is 0.0461. The number of anilines is 2. The van der Waals surface area contributed by atoms with Crippen molar-refractivity contribution < 1.29 is 9.53 Å². The van der Waals surface area contributed by atoms with Crippen LogP contribution in [0.5, 0.6) is 0 Å². The number of nitrogens with zero attached hydrogens (tertiary/aromatic N) is 5. The average Bonchev–Trinajstić information content (AvgIpc) is 2.77. The van der Waals surface area contributed by atoms with E-state index in [9.17, 15) is 9.59 Å². The lowest BCUT2D eigenvalue weighted by atomic mass is 10.0. The number of ether oxygens (including phenoxy) is 1. The molecule has 4 rings (SSSR count). The van der Waals surface area contributed by atoms with Crippen LogP contribution in [0.3, 0.4) is 0 Å². The third kappa shape index (κ3) is 4.53. The van der Waals surface area contributed by atoms with E-state index in [0.717, 1.165) is 0 Å². The minimum absolute atomic E-state index is 0.0430. The van der Waals surface area contributed by atoms with E-state index in [1.807, 2.05) is 6.07 Å². The Morgan fingerprint density at radius 1 is 1.03 bits per heavy atom. The second kappa shape index (κ2) is 8.80. The van der Waals surface area contributed by atoms with Gasteiger partial charge in [0.15, 0.2) is 12.4 Å². The number of aromatic amines is 1. The van der Waals surface area contributed by atoms with Crippen molar-refractivity contribution in [1.29, 1.82) is 0 Å². The summed E-state index contributed by atoms with van der Waals surface area (Å²) in [4.78, 5) is 46.4. The molecule has 0 radical (unpaired) electrons. The summed E-state index contributed by atoms with van der Waals surface area (Å²) < 4.78 is 5.42. The lowest BCUT2D eigenvalue weighted by Gasteiger charge is -2.12. The fourth-order valence-electron chi connectivity index (χ4n) is 3.17. The first-order valence-corrected chi connectivity index (χ1v) is 9.81. The predicted octanol–water partition coefficient (Wildman–Crippen LogP) is 1.70. The predicted molar refractivity (Wildman–Crippen MR) is 119 cm³/mol. The molecule has 3 N–H and O–H groups in total. The molecule has 0 atom stereocenters. The van der Waals surface area contributed by atoms with Gasteiger partial charge in [-0.25, -0.2) is 9.78 Å². The summed E-state index contributed by atoms with van der Waals surface area (Å²) in [5.41, 5.74) is 7.10. The maximum absolute atomic E-state index is 12.8. The van der Waals surface area contributed by atoms with Gasteiger partial charge < -0.3 is 20.4 Å². The van der Waals surface area contributed by atoms with E-state index in [-0.39, 0.29) is 30.4 Å². The number of fused-ring (bicyclic) bond motifs is 1. The average molecular weight is 431 g/mol. The second-order valence-electron chi connectivity index (χ2n) is 7.24. The SMILES string of the molecule is CN(C)c1nc(N)nc(COC(=O)c2ccccc2Cc2nc3ccccc3c(=O)[nH]2)n1. The monoisotopic (exact) mass is 431 g/mol. The van der Waals surface area contributed by atoms with Crippen molar-refractivity contribution in [3.8, 4) is 0 Å². The standard InChI is InChI=1S/C22H21N7O3/c1-29(2)22-27-18(26-21(23)28-22)12-32-20(31)14-8-4-3-7-13(14)11-17-24-16-10-6-5-9-15(16)19(30)25-17/h3-10H,11-12H2,1-2H3,(H,24,25,30)(H2,23,26,27,28). The van der Waals surface area contributed by atoms with Crippen molar-refractivity contribution in [3.05, 3.63) is 81.7 Å². The summed E-state index contributed by atoms with van der Waals surface area (Å²) in [6.07, 6.45) is 0.259. The molecule has 0 amide bonds. The highest BCUT2D eigenvalue weighted by Crippen LogP contribution is 2.16. The fourth-order valence-corrected chi connectivity index (χ4v) is 3.17. The molecule has 0 spiro atoms. The highest BCUT2D eigenvalue weighted by atomic mass is 16.5. The Morgan fingerprint density at radius 3 is 2.59 bits per heavy atom. The maximum Gasteiger partial charge on any atom is 0.338 e. The molecule has 0 aliphatic rings. The van der Waals surface area contributed by atoms with Crippen LogP contribution in [-0.2, 0) is 17.8 Å². The minimum atomic E-state index is -0.547. The first kappa shape index (κ1) is 20.9. The summed E-state index contributed by atoms with van der Waals surface area (Å²) >= 11 is 0. The third-order valence-corrected chi connectivity index (χ3v) is 4.68. The number of hydrogen-bond acceptors (Lipinski definition) is 9. The van der Waals surface area contributed by atoms with Crippen molar-refractivity contribution >= 4 is 28.8 Å². The number of rotatable bonds is 6. The molecule has 0 aliphatic carbocycles. The summed E-state index contributed by atoms with van der Waals surface area (Å²) in [6, 6.07) is 14.1. The molecule has 0 bridgehead atoms. The van der Waals surface area contributed by atoms with Gasteiger partial charge >= 0.3 is 5.97 Å². The lowest BCUT2D eigenvalue weighted by Crippen LogP contribution is -2.17. The van der Waals surface area contributed by atoms with Crippen LogP contribution >= 0.6 is 0 Å². The zero-order chi connectivity index (χ0) is 22.7. The number of carbonyl (C=O) groups excluding carboxylic acids is 1. The Bertz CT molecular complexity index is 1350. The molecule has 162 valence electrons. The molecule has 10 nitrogen and oxygen atoms in total. The number of hydrogen-bond donors (Lipinski definition) is 2. The quantitative estimate of drug-likeness (QED) is 0.436. The van der Waals surface area contributed by atoms with Crippen LogP contribution < -0.4 is 16.2 Å².